The van der Waals surface area contributed by atoms with Crippen LogP contribution in [0.25, 0.3) is 0 Å². The molecule has 0 spiro atoms. The normalized spacial score (nSPS) is 16.7. The van der Waals surface area contributed by atoms with Gasteiger partial charge in [-0.3, -0.25) is 0 Å². The molecule has 0 bridgehead atoms. The largest absolute Gasteiger partial charge is 0.336 e. The zero-order valence-electron chi connectivity index (χ0n) is 10.7. The third-order valence-corrected chi connectivity index (χ3v) is 3.13. The van der Waals surface area contributed by atoms with Gasteiger partial charge in [-0.15, -0.1) is 0 Å². The fourth-order valence-corrected chi connectivity index (χ4v) is 2.00. The Hall–Kier alpha value is -1.51. The smallest absolute Gasteiger partial charge is 0.315 e. The molecule has 1 aliphatic rings. The highest BCUT2D eigenvalue weighted by Crippen LogP contribution is 2.45. The number of amides is 2. The number of aryl methyl sites for hydroxylation is 1. The first kappa shape index (κ1) is 12.0. The van der Waals surface area contributed by atoms with Gasteiger partial charge in [-0.05, 0) is 39.2 Å². The third kappa shape index (κ3) is 2.78. The van der Waals surface area contributed by atoms with Crippen LogP contribution < -0.4 is 10.6 Å². The summed E-state index contributed by atoms with van der Waals surface area (Å²) in [6.45, 7) is 6.00. The van der Waals surface area contributed by atoms with E-state index < -0.39 is 0 Å². The molecule has 17 heavy (non-hydrogen) atoms. The average Bonchev–Trinajstić information content (AvgIpc) is 2.98. The molecule has 1 aliphatic carbocycles. The van der Waals surface area contributed by atoms with Crippen molar-refractivity contribution in [3.8, 4) is 0 Å². The Morgan fingerprint density at radius 2 is 1.82 bits per heavy atom. The summed E-state index contributed by atoms with van der Waals surface area (Å²) in [4.78, 5) is 11.7. The van der Waals surface area contributed by atoms with Crippen molar-refractivity contribution in [2.45, 2.75) is 45.2 Å². The summed E-state index contributed by atoms with van der Waals surface area (Å²) in [5.74, 6) is 0. The Labute approximate surface area is 103 Å². The summed E-state index contributed by atoms with van der Waals surface area (Å²) in [5.41, 5.74) is 2.34. The zero-order chi connectivity index (χ0) is 12.5. The van der Waals surface area contributed by atoms with Gasteiger partial charge >= 0.3 is 6.03 Å². The molecule has 3 heteroatoms. The van der Waals surface area contributed by atoms with Crippen molar-refractivity contribution in [3.05, 3.63) is 35.4 Å². The Kier molecular flexibility index (Phi) is 3.09. The molecular weight excluding hydrogens is 212 g/mol. The van der Waals surface area contributed by atoms with E-state index in [4.69, 9.17) is 0 Å². The fourth-order valence-electron chi connectivity index (χ4n) is 2.00. The maximum absolute atomic E-state index is 11.7. The van der Waals surface area contributed by atoms with E-state index in [1.165, 1.54) is 11.1 Å². The lowest BCUT2D eigenvalue weighted by molar-refractivity contribution is 0.233. The van der Waals surface area contributed by atoms with Crippen molar-refractivity contribution < 1.29 is 4.79 Å². The predicted octanol–water partition coefficient (Wildman–Crippen LogP) is 2.69. The number of nitrogens with one attached hydrogen (secondary N) is 2. The minimum absolute atomic E-state index is 0.0712. The van der Waals surface area contributed by atoms with Crippen molar-refractivity contribution in [1.82, 2.24) is 10.6 Å². The van der Waals surface area contributed by atoms with Crippen LogP contribution in [-0.4, -0.2) is 12.1 Å². The van der Waals surface area contributed by atoms with Gasteiger partial charge in [0.1, 0.15) is 0 Å². The first-order chi connectivity index (χ1) is 8.02. The monoisotopic (exact) mass is 232 g/mol. The van der Waals surface area contributed by atoms with Gasteiger partial charge in [-0.2, -0.15) is 0 Å². The SMILES string of the molecule is Cc1ccc(C2(NC(=O)NC(C)C)CC2)cc1. The third-order valence-electron chi connectivity index (χ3n) is 3.13. The highest BCUT2D eigenvalue weighted by molar-refractivity contribution is 5.76. The first-order valence-electron chi connectivity index (χ1n) is 6.18. The van der Waals surface area contributed by atoms with E-state index in [9.17, 15) is 4.79 Å². The van der Waals surface area contributed by atoms with Gasteiger partial charge in [0.15, 0.2) is 0 Å². The van der Waals surface area contributed by atoms with Gasteiger partial charge in [-0.1, -0.05) is 29.8 Å². The molecule has 1 aromatic carbocycles. The highest BCUT2D eigenvalue weighted by atomic mass is 16.2. The lowest BCUT2D eigenvalue weighted by Crippen LogP contribution is -2.44. The molecule has 3 nitrogen and oxygen atoms in total. The van der Waals surface area contributed by atoms with Crippen LogP contribution in [0.4, 0.5) is 4.79 Å². The second kappa shape index (κ2) is 4.40. The van der Waals surface area contributed by atoms with Crippen LogP contribution in [0.1, 0.15) is 37.8 Å². The standard InChI is InChI=1S/C14H20N2O/c1-10(2)15-13(17)16-14(8-9-14)12-6-4-11(3)5-7-12/h4-7,10H,8-9H2,1-3H3,(H2,15,16,17). The van der Waals surface area contributed by atoms with Gasteiger partial charge in [0.05, 0.1) is 5.54 Å². The maximum atomic E-state index is 11.7. The zero-order valence-corrected chi connectivity index (χ0v) is 10.7. The molecule has 0 atom stereocenters. The molecule has 2 N–H and O–H groups in total. The average molecular weight is 232 g/mol. The molecule has 92 valence electrons. The van der Waals surface area contributed by atoms with Crippen LogP contribution in [0, 0.1) is 6.92 Å². The summed E-state index contributed by atoms with van der Waals surface area (Å²) in [7, 11) is 0. The van der Waals surface area contributed by atoms with E-state index >= 15 is 0 Å². The molecule has 0 unspecified atom stereocenters. The van der Waals surface area contributed by atoms with Crippen LogP contribution in [0.2, 0.25) is 0 Å². The van der Waals surface area contributed by atoms with Crippen molar-refractivity contribution >= 4 is 6.03 Å². The van der Waals surface area contributed by atoms with Crippen LogP contribution >= 0.6 is 0 Å². The molecule has 0 aliphatic heterocycles. The Morgan fingerprint density at radius 1 is 1.24 bits per heavy atom. The van der Waals surface area contributed by atoms with Gasteiger partial charge in [0.2, 0.25) is 0 Å². The molecule has 2 rings (SSSR count). The van der Waals surface area contributed by atoms with Gasteiger partial charge in [0, 0.05) is 6.04 Å². The lowest BCUT2D eigenvalue weighted by atomic mass is 10.0. The van der Waals surface area contributed by atoms with E-state index in [2.05, 4.69) is 41.8 Å². The summed E-state index contributed by atoms with van der Waals surface area (Å²) < 4.78 is 0. The summed E-state index contributed by atoms with van der Waals surface area (Å²) in [5, 5.41) is 5.95. The number of rotatable bonds is 3. The summed E-state index contributed by atoms with van der Waals surface area (Å²) in [6.07, 6.45) is 2.06. The van der Waals surface area contributed by atoms with E-state index in [1.807, 2.05) is 13.8 Å². The van der Waals surface area contributed by atoms with E-state index in [1.54, 1.807) is 0 Å². The number of benzene rings is 1. The second-order valence-corrected chi connectivity index (χ2v) is 5.20. The molecule has 0 heterocycles. The topological polar surface area (TPSA) is 41.1 Å². The van der Waals surface area contributed by atoms with Crippen molar-refractivity contribution in [2.24, 2.45) is 0 Å². The second-order valence-electron chi connectivity index (χ2n) is 5.20. The molecule has 2 amide bonds. The number of carbonyl (C=O) groups is 1. The maximum Gasteiger partial charge on any atom is 0.315 e. The molecule has 0 aromatic heterocycles. The Morgan fingerprint density at radius 3 is 2.29 bits per heavy atom. The Bertz CT molecular complexity index is 405. The number of urea groups is 1. The van der Waals surface area contributed by atoms with Crippen LogP contribution in [0.3, 0.4) is 0 Å². The number of hydrogen-bond donors (Lipinski definition) is 2. The fraction of sp³-hybridized carbons (Fsp3) is 0.500. The molecule has 0 saturated heterocycles. The Balaban J connectivity index is 2.05. The predicted molar refractivity (Wildman–Crippen MR) is 68.9 cm³/mol. The van der Waals surface area contributed by atoms with E-state index in [-0.39, 0.29) is 17.6 Å². The molecule has 1 fully saturated rings. The van der Waals surface area contributed by atoms with E-state index in [0.717, 1.165) is 12.8 Å². The van der Waals surface area contributed by atoms with Gasteiger partial charge in [-0.25, -0.2) is 4.79 Å². The van der Waals surface area contributed by atoms with Crippen molar-refractivity contribution in [1.29, 1.82) is 0 Å². The molecule has 1 saturated carbocycles. The minimum atomic E-state index is -0.118. The van der Waals surface area contributed by atoms with Crippen molar-refractivity contribution in [3.63, 3.8) is 0 Å². The first-order valence-corrected chi connectivity index (χ1v) is 6.18. The number of carbonyl (C=O) groups excluding carboxylic acids is 1. The van der Waals surface area contributed by atoms with Gasteiger partial charge in [0.25, 0.3) is 0 Å². The molecule has 0 radical (unpaired) electrons. The quantitative estimate of drug-likeness (QED) is 0.826. The lowest BCUT2D eigenvalue weighted by Gasteiger charge is -2.19. The van der Waals surface area contributed by atoms with Crippen LogP contribution in [0.15, 0.2) is 24.3 Å². The molecular formula is C14H20N2O. The number of hydrogen-bond acceptors (Lipinski definition) is 1. The molecule has 1 aromatic rings. The minimum Gasteiger partial charge on any atom is -0.336 e. The van der Waals surface area contributed by atoms with Crippen molar-refractivity contribution in [2.75, 3.05) is 0 Å². The van der Waals surface area contributed by atoms with E-state index in [0.29, 0.717) is 0 Å². The highest BCUT2D eigenvalue weighted by Gasteiger charge is 2.45. The van der Waals surface area contributed by atoms with Crippen LogP contribution in [0.5, 0.6) is 0 Å². The summed E-state index contributed by atoms with van der Waals surface area (Å²) >= 11 is 0. The van der Waals surface area contributed by atoms with Gasteiger partial charge < -0.3 is 10.6 Å². The van der Waals surface area contributed by atoms with Crippen LogP contribution in [-0.2, 0) is 5.54 Å². The summed E-state index contributed by atoms with van der Waals surface area (Å²) in [6, 6.07) is 8.51.